The molecule has 0 saturated carbocycles. The quantitative estimate of drug-likeness (QED) is 0.532. The first-order chi connectivity index (χ1) is 7.97. The molecule has 0 fully saturated rings. The van der Waals surface area contributed by atoms with E-state index in [0.717, 1.165) is 25.3 Å². The normalized spacial score (nSPS) is 16.4. The maximum absolute atomic E-state index is 12.7. The number of allylic oxidation sites excluding steroid dienone is 1. The number of hydrogen-bond acceptors (Lipinski definition) is 2. The van der Waals surface area contributed by atoms with E-state index in [4.69, 9.17) is 5.11 Å². The molecule has 0 aromatic rings. The summed E-state index contributed by atoms with van der Waals surface area (Å²) in [5.74, 6) is -1.74. The van der Waals surface area contributed by atoms with Gasteiger partial charge in [-0.1, -0.05) is 31.9 Å². The van der Waals surface area contributed by atoms with Crippen LogP contribution in [0.25, 0.3) is 0 Å². The van der Waals surface area contributed by atoms with E-state index in [0.29, 0.717) is 6.42 Å². The number of halogens is 3. The molecule has 0 unspecified atom stereocenters. The van der Waals surface area contributed by atoms with Gasteiger partial charge in [0.1, 0.15) is 5.92 Å². The molecule has 0 aliphatic rings. The maximum atomic E-state index is 12.7. The van der Waals surface area contributed by atoms with Crippen LogP contribution in [-0.2, 0) is 4.74 Å². The van der Waals surface area contributed by atoms with Crippen molar-refractivity contribution in [3.05, 3.63) is 12.2 Å². The molecule has 0 aliphatic carbocycles. The number of alkyl halides is 3. The number of hydrogen-bond donors (Lipinski definition) is 1. The van der Waals surface area contributed by atoms with Gasteiger partial charge in [0.15, 0.2) is 0 Å². The fraction of sp³-hybridized carbons (Fsp3) is 0.833. The third-order valence-electron chi connectivity index (χ3n) is 2.58. The van der Waals surface area contributed by atoms with Gasteiger partial charge in [0.2, 0.25) is 0 Å². The highest BCUT2D eigenvalue weighted by Crippen LogP contribution is 2.31. The summed E-state index contributed by atoms with van der Waals surface area (Å²) < 4.78 is 42.7. The molecule has 102 valence electrons. The molecule has 0 rings (SSSR count). The minimum atomic E-state index is -4.38. The predicted molar refractivity (Wildman–Crippen MR) is 60.7 cm³/mol. The molecule has 2 atom stereocenters. The van der Waals surface area contributed by atoms with E-state index >= 15 is 0 Å². The van der Waals surface area contributed by atoms with Crippen molar-refractivity contribution in [3.8, 4) is 0 Å². The second kappa shape index (κ2) is 8.53. The molecule has 0 amide bonds. The van der Waals surface area contributed by atoms with Crippen LogP contribution in [0, 0.1) is 5.92 Å². The van der Waals surface area contributed by atoms with Crippen molar-refractivity contribution in [1.82, 2.24) is 0 Å². The Morgan fingerprint density at radius 2 is 1.94 bits per heavy atom. The third-order valence-corrected chi connectivity index (χ3v) is 2.58. The van der Waals surface area contributed by atoms with Gasteiger partial charge in [-0.05, 0) is 12.8 Å². The summed E-state index contributed by atoms with van der Waals surface area (Å²) in [5, 5.41) is 8.84. The van der Waals surface area contributed by atoms with E-state index in [-0.39, 0.29) is 0 Å². The van der Waals surface area contributed by atoms with Gasteiger partial charge in [0.25, 0.3) is 0 Å². The Morgan fingerprint density at radius 1 is 1.29 bits per heavy atom. The summed E-state index contributed by atoms with van der Waals surface area (Å²) in [6, 6.07) is 0. The van der Waals surface area contributed by atoms with Crippen LogP contribution in [0.5, 0.6) is 0 Å². The highest BCUT2D eigenvalue weighted by molar-refractivity contribution is 4.96. The van der Waals surface area contributed by atoms with Gasteiger partial charge >= 0.3 is 6.18 Å². The zero-order valence-corrected chi connectivity index (χ0v) is 10.3. The van der Waals surface area contributed by atoms with Crippen LogP contribution in [0.15, 0.2) is 12.2 Å². The smallest absolute Gasteiger partial charge is 0.394 e. The molecule has 17 heavy (non-hydrogen) atoms. The molecular formula is C12H21F3O2. The highest BCUT2D eigenvalue weighted by Gasteiger charge is 2.42. The van der Waals surface area contributed by atoms with Crippen molar-refractivity contribution >= 4 is 0 Å². The minimum absolute atomic E-state index is 0.627. The van der Waals surface area contributed by atoms with Crippen molar-refractivity contribution in [2.45, 2.75) is 44.9 Å². The Kier molecular flexibility index (Phi) is 8.25. The summed E-state index contributed by atoms with van der Waals surface area (Å²) in [5.41, 5.74) is 0. The molecule has 0 radical (unpaired) electrons. The Hall–Kier alpha value is -0.550. The fourth-order valence-electron chi connectivity index (χ4n) is 1.53. The number of methoxy groups -OCH3 is 1. The molecule has 0 spiro atoms. The van der Waals surface area contributed by atoms with Crippen LogP contribution in [-0.4, -0.2) is 31.1 Å². The number of rotatable bonds is 8. The first-order valence-electron chi connectivity index (χ1n) is 5.84. The molecule has 0 aromatic carbocycles. The van der Waals surface area contributed by atoms with Gasteiger partial charge in [-0.3, -0.25) is 0 Å². The Bertz CT molecular complexity index is 210. The lowest BCUT2D eigenvalue weighted by molar-refractivity contribution is -0.193. The lowest BCUT2D eigenvalue weighted by Gasteiger charge is -2.23. The first-order valence-corrected chi connectivity index (χ1v) is 5.84. The van der Waals surface area contributed by atoms with E-state index in [2.05, 4.69) is 4.74 Å². The molecular weight excluding hydrogens is 233 g/mol. The SMILES string of the molecule is CCCCC/C=C/[C@@H]([C@@H](CO)OC)C(F)(F)F. The number of unbranched alkanes of at least 4 members (excludes halogenated alkanes) is 3. The van der Waals surface area contributed by atoms with Crippen LogP contribution in [0.1, 0.15) is 32.6 Å². The summed E-state index contributed by atoms with van der Waals surface area (Å²) in [6.07, 6.45) is 0.567. The van der Waals surface area contributed by atoms with E-state index in [1.165, 1.54) is 13.2 Å². The molecule has 0 bridgehead atoms. The maximum Gasteiger partial charge on any atom is 0.397 e. The Balaban J connectivity index is 4.39. The number of ether oxygens (including phenoxy) is 1. The van der Waals surface area contributed by atoms with Crippen LogP contribution in [0.2, 0.25) is 0 Å². The lowest BCUT2D eigenvalue weighted by Crippen LogP contribution is -2.36. The molecule has 0 saturated heterocycles. The van der Waals surface area contributed by atoms with Gasteiger partial charge in [-0.15, -0.1) is 0 Å². The van der Waals surface area contributed by atoms with Gasteiger partial charge in [0, 0.05) is 7.11 Å². The van der Waals surface area contributed by atoms with Crippen LogP contribution in [0.3, 0.4) is 0 Å². The second-order valence-corrected chi connectivity index (χ2v) is 3.95. The molecule has 2 nitrogen and oxygen atoms in total. The molecule has 0 aliphatic heterocycles. The highest BCUT2D eigenvalue weighted by atomic mass is 19.4. The standard InChI is InChI=1S/C12H21F3O2/c1-3-4-5-6-7-8-10(12(13,14)15)11(9-16)17-2/h7-8,10-11,16H,3-6,9H2,1-2H3/b8-7+/t10-,11+/m0/s1. The zero-order chi connectivity index (χ0) is 13.3. The van der Waals surface area contributed by atoms with Crippen molar-refractivity contribution in [2.75, 3.05) is 13.7 Å². The monoisotopic (exact) mass is 254 g/mol. The summed E-state index contributed by atoms with van der Waals surface area (Å²) in [6.45, 7) is 1.40. The van der Waals surface area contributed by atoms with Crippen LogP contribution in [0.4, 0.5) is 13.2 Å². The molecule has 0 aromatic heterocycles. The zero-order valence-electron chi connectivity index (χ0n) is 10.3. The summed E-state index contributed by atoms with van der Waals surface area (Å²) in [7, 11) is 1.17. The van der Waals surface area contributed by atoms with Crippen molar-refractivity contribution < 1.29 is 23.0 Å². The number of aliphatic hydroxyl groups is 1. The average Bonchev–Trinajstić information content (AvgIpc) is 2.26. The molecule has 1 N–H and O–H groups in total. The van der Waals surface area contributed by atoms with Gasteiger partial charge in [0.05, 0.1) is 12.7 Å². The second-order valence-electron chi connectivity index (χ2n) is 3.95. The van der Waals surface area contributed by atoms with E-state index in [9.17, 15) is 13.2 Å². The Morgan fingerprint density at radius 3 is 2.35 bits per heavy atom. The van der Waals surface area contributed by atoms with Gasteiger partial charge in [-0.2, -0.15) is 13.2 Å². The summed E-state index contributed by atoms with van der Waals surface area (Å²) in [4.78, 5) is 0. The van der Waals surface area contributed by atoms with Gasteiger partial charge < -0.3 is 9.84 Å². The topological polar surface area (TPSA) is 29.5 Å². The van der Waals surface area contributed by atoms with Crippen LogP contribution >= 0.6 is 0 Å². The summed E-state index contributed by atoms with van der Waals surface area (Å²) >= 11 is 0. The largest absolute Gasteiger partial charge is 0.397 e. The van der Waals surface area contributed by atoms with Crippen molar-refractivity contribution in [1.29, 1.82) is 0 Å². The van der Waals surface area contributed by atoms with Crippen molar-refractivity contribution in [3.63, 3.8) is 0 Å². The molecule has 5 heteroatoms. The minimum Gasteiger partial charge on any atom is -0.394 e. The fourth-order valence-corrected chi connectivity index (χ4v) is 1.53. The lowest BCUT2D eigenvalue weighted by atomic mass is 10.0. The van der Waals surface area contributed by atoms with Crippen molar-refractivity contribution in [2.24, 2.45) is 5.92 Å². The van der Waals surface area contributed by atoms with E-state index in [1.54, 1.807) is 0 Å². The first kappa shape index (κ1) is 16.4. The van der Waals surface area contributed by atoms with Gasteiger partial charge in [-0.25, -0.2) is 0 Å². The number of aliphatic hydroxyl groups excluding tert-OH is 1. The third kappa shape index (κ3) is 6.68. The average molecular weight is 254 g/mol. The van der Waals surface area contributed by atoms with E-state index in [1.807, 2.05) is 6.92 Å². The van der Waals surface area contributed by atoms with E-state index < -0.39 is 24.8 Å². The Labute approximate surface area is 100 Å². The predicted octanol–water partition coefficient (Wildman–Crippen LogP) is 3.31. The molecule has 0 heterocycles. The van der Waals surface area contributed by atoms with Crippen LogP contribution < -0.4 is 0 Å².